The van der Waals surface area contributed by atoms with Gasteiger partial charge >= 0.3 is 6.18 Å². The summed E-state index contributed by atoms with van der Waals surface area (Å²) < 4.78 is 46.5. The van der Waals surface area contributed by atoms with Gasteiger partial charge in [-0.3, -0.25) is 9.48 Å². The van der Waals surface area contributed by atoms with Crippen LogP contribution in [0.15, 0.2) is 53.1 Å². The summed E-state index contributed by atoms with van der Waals surface area (Å²) in [5.41, 5.74) is 0.247. The quantitative estimate of drug-likeness (QED) is 0.727. The number of amides is 1. The molecule has 27 heavy (non-hydrogen) atoms. The normalized spacial score (nSPS) is 12.8. The lowest BCUT2D eigenvalue weighted by Gasteiger charge is -2.19. The molecule has 1 N–H and O–H groups in total. The van der Waals surface area contributed by atoms with Crippen molar-refractivity contribution in [3.05, 3.63) is 77.0 Å². The summed E-state index contributed by atoms with van der Waals surface area (Å²) in [5.74, 6) is -0.258. The third kappa shape index (κ3) is 4.05. The van der Waals surface area contributed by atoms with Gasteiger partial charge in [-0.25, -0.2) is 0 Å². The number of halogens is 3. The molecule has 0 unspecified atom stereocenters. The zero-order valence-corrected chi connectivity index (χ0v) is 14.7. The van der Waals surface area contributed by atoms with E-state index in [1.165, 1.54) is 18.4 Å². The summed E-state index contributed by atoms with van der Waals surface area (Å²) in [7, 11) is 0. The maximum absolute atomic E-state index is 13.1. The lowest BCUT2D eigenvalue weighted by atomic mass is 10.1. The van der Waals surface area contributed by atoms with Crippen molar-refractivity contribution in [3.63, 3.8) is 0 Å². The van der Waals surface area contributed by atoms with E-state index in [0.717, 1.165) is 23.5 Å². The number of alkyl halides is 3. The van der Waals surface area contributed by atoms with Gasteiger partial charge in [0.15, 0.2) is 0 Å². The predicted octanol–water partition coefficient (Wildman–Crippen LogP) is 4.13. The summed E-state index contributed by atoms with van der Waals surface area (Å²) in [6.07, 6.45) is -3.11. The van der Waals surface area contributed by atoms with E-state index in [1.807, 2.05) is 19.9 Å². The number of nitrogens with zero attached hydrogens (tertiary/aromatic N) is 2. The molecule has 0 radical (unpaired) electrons. The van der Waals surface area contributed by atoms with Crippen LogP contribution in [0.3, 0.4) is 0 Å². The Labute approximate surface area is 153 Å². The molecule has 3 aromatic rings. The zero-order chi connectivity index (χ0) is 19.6. The van der Waals surface area contributed by atoms with Gasteiger partial charge in [0.25, 0.3) is 5.91 Å². The van der Waals surface area contributed by atoms with Crippen LogP contribution in [0.1, 0.15) is 39.1 Å². The number of carbonyl (C=O) groups excluding carboxylic acids is 1. The summed E-state index contributed by atoms with van der Waals surface area (Å²) in [6.45, 7) is 3.72. The van der Waals surface area contributed by atoms with Crippen molar-refractivity contribution in [2.24, 2.45) is 0 Å². The van der Waals surface area contributed by atoms with Gasteiger partial charge in [0.2, 0.25) is 0 Å². The van der Waals surface area contributed by atoms with Crippen molar-refractivity contribution < 1.29 is 22.4 Å². The van der Waals surface area contributed by atoms with Crippen LogP contribution in [-0.2, 0) is 6.18 Å². The number of aryl methyl sites for hydroxylation is 2. The molecule has 0 spiro atoms. The molecule has 2 aromatic heterocycles. The predicted molar refractivity (Wildman–Crippen MR) is 92.3 cm³/mol. The zero-order valence-electron chi connectivity index (χ0n) is 14.7. The lowest BCUT2D eigenvalue weighted by Crippen LogP contribution is -2.33. The van der Waals surface area contributed by atoms with Gasteiger partial charge in [0, 0.05) is 12.2 Å². The Balaban J connectivity index is 1.85. The van der Waals surface area contributed by atoms with Crippen molar-refractivity contribution in [3.8, 4) is 0 Å². The molecule has 0 saturated heterocycles. The topological polar surface area (TPSA) is 60.1 Å². The molecule has 8 heteroatoms. The third-order valence-corrected chi connectivity index (χ3v) is 4.14. The van der Waals surface area contributed by atoms with E-state index in [4.69, 9.17) is 4.42 Å². The van der Waals surface area contributed by atoms with Crippen molar-refractivity contribution >= 4 is 5.91 Å². The summed E-state index contributed by atoms with van der Waals surface area (Å²) >= 11 is 0. The van der Waals surface area contributed by atoms with Crippen molar-refractivity contribution in [1.29, 1.82) is 0 Å². The molecule has 142 valence electrons. The van der Waals surface area contributed by atoms with Crippen LogP contribution < -0.4 is 5.32 Å². The number of hydrogen-bond acceptors (Lipinski definition) is 3. The molecule has 0 aliphatic rings. The van der Waals surface area contributed by atoms with E-state index < -0.39 is 29.3 Å². The first-order chi connectivity index (χ1) is 12.8. The van der Waals surface area contributed by atoms with Gasteiger partial charge in [0.05, 0.1) is 23.1 Å². The molecule has 0 fully saturated rings. The molecular weight excluding hydrogens is 359 g/mol. The highest BCUT2D eigenvalue weighted by Crippen LogP contribution is 2.32. The van der Waals surface area contributed by atoms with Crippen LogP contribution >= 0.6 is 0 Å². The minimum atomic E-state index is -4.61. The van der Waals surface area contributed by atoms with Crippen molar-refractivity contribution in [2.45, 2.75) is 26.1 Å². The first kappa shape index (κ1) is 18.8. The Morgan fingerprint density at radius 1 is 1.22 bits per heavy atom. The highest BCUT2D eigenvalue weighted by molar-refractivity contribution is 5.95. The average Bonchev–Trinajstić information content (AvgIpc) is 3.24. The van der Waals surface area contributed by atoms with Gasteiger partial charge in [-0.1, -0.05) is 12.1 Å². The van der Waals surface area contributed by atoms with Crippen LogP contribution in [0.4, 0.5) is 13.2 Å². The first-order valence-corrected chi connectivity index (χ1v) is 8.28. The molecule has 0 saturated carbocycles. The second-order valence-corrected chi connectivity index (χ2v) is 6.16. The van der Waals surface area contributed by atoms with Gasteiger partial charge < -0.3 is 9.73 Å². The smallest absolute Gasteiger partial charge is 0.417 e. The van der Waals surface area contributed by atoms with E-state index in [9.17, 15) is 18.0 Å². The third-order valence-electron chi connectivity index (χ3n) is 4.14. The Bertz CT molecular complexity index is 930. The molecule has 1 atom stereocenters. The number of rotatable bonds is 5. The van der Waals surface area contributed by atoms with Crippen LogP contribution in [0.25, 0.3) is 0 Å². The van der Waals surface area contributed by atoms with Crippen LogP contribution in [0.5, 0.6) is 0 Å². The number of aromatic nitrogens is 2. The Morgan fingerprint density at radius 2 is 1.96 bits per heavy atom. The Hall–Kier alpha value is -3.03. The number of carbonyl (C=O) groups is 1. The molecular formula is C19H18F3N3O2. The minimum Gasteiger partial charge on any atom is -0.467 e. The van der Waals surface area contributed by atoms with Crippen LogP contribution in [0, 0.1) is 13.8 Å². The minimum absolute atomic E-state index is 0.0283. The maximum Gasteiger partial charge on any atom is 0.417 e. The van der Waals surface area contributed by atoms with E-state index in [-0.39, 0.29) is 6.54 Å². The van der Waals surface area contributed by atoms with Gasteiger partial charge in [-0.05, 0) is 44.2 Å². The first-order valence-electron chi connectivity index (χ1n) is 8.28. The van der Waals surface area contributed by atoms with E-state index in [1.54, 1.807) is 16.8 Å². The monoisotopic (exact) mass is 377 g/mol. The highest BCUT2D eigenvalue weighted by atomic mass is 19.4. The number of benzene rings is 1. The lowest BCUT2D eigenvalue weighted by molar-refractivity contribution is -0.137. The second kappa shape index (κ2) is 7.30. The molecule has 1 amide bonds. The van der Waals surface area contributed by atoms with Gasteiger partial charge in [0.1, 0.15) is 11.8 Å². The Kier molecular flexibility index (Phi) is 5.07. The van der Waals surface area contributed by atoms with Crippen LogP contribution in [0.2, 0.25) is 0 Å². The number of hydrogen-bond donors (Lipinski definition) is 1. The molecule has 1 aromatic carbocycles. The fourth-order valence-corrected chi connectivity index (χ4v) is 2.96. The van der Waals surface area contributed by atoms with Crippen LogP contribution in [-0.4, -0.2) is 22.2 Å². The molecule has 0 aliphatic heterocycles. The van der Waals surface area contributed by atoms with Gasteiger partial charge in [-0.15, -0.1) is 0 Å². The molecule has 3 rings (SSSR count). The Morgan fingerprint density at radius 3 is 2.56 bits per heavy atom. The molecule has 2 heterocycles. The van der Waals surface area contributed by atoms with Crippen molar-refractivity contribution in [1.82, 2.24) is 15.1 Å². The fraction of sp³-hybridized carbons (Fsp3) is 0.263. The SMILES string of the molecule is Cc1cc(C)n([C@H](CNC(=O)c2ccccc2C(F)(F)F)c2ccco2)n1. The van der Waals surface area contributed by atoms with E-state index >= 15 is 0 Å². The fourth-order valence-electron chi connectivity index (χ4n) is 2.96. The summed E-state index contributed by atoms with van der Waals surface area (Å²) in [4.78, 5) is 12.4. The molecule has 0 bridgehead atoms. The molecule has 0 aliphatic carbocycles. The second-order valence-electron chi connectivity index (χ2n) is 6.16. The van der Waals surface area contributed by atoms with E-state index in [2.05, 4.69) is 10.4 Å². The molecule has 5 nitrogen and oxygen atoms in total. The van der Waals surface area contributed by atoms with E-state index in [0.29, 0.717) is 5.76 Å². The summed E-state index contributed by atoms with van der Waals surface area (Å²) in [6, 6.07) is 9.53. The average molecular weight is 377 g/mol. The highest BCUT2D eigenvalue weighted by Gasteiger charge is 2.35. The number of furan rings is 1. The standard InChI is InChI=1S/C19H18F3N3O2/c1-12-10-13(2)25(24-12)16(17-8-5-9-27-17)11-23-18(26)14-6-3-4-7-15(14)19(20,21)22/h3-10,16H,11H2,1-2H3,(H,23,26)/t16-/m1/s1. The number of nitrogens with one attached hydrogen (secondary N) is 1. The largest absolute Gasteiger partial charge is 0.467 e. The van der Waals surface area contributed by atoms with Gasteiger partial charge in [-0.2, -0.15) is 18.3 Å². The maximum atomic E-state index is 13.1. The summed E-state index contributed by atoms with van der Waals surface area (Å²) in [5, 5.41) is 6.97. The van der Waals surface area contributed by atoms with Crippen molar-refractivity contribution in [2.75, 3.05) is 6.54 Å².